The van der Waals surface area contributed by atoms with Crippen molar-refractivity contribution in [1.29, 1.82) is 0 Å². The van der Waals surface area contributed by atoms with E-state index in [-0.39, 0.29) is 18.1 Å². The van der Waals surface area contributed by atoms with E-state index in [1.165, 1.54) is 0 Å². The maximum atomic E-state index is 10.9. The van der Waals surface area contributed by atoms with Crippen molar-refractivity contribution in [2.45, 2.75) is 13.3 Å². The van der Waals surface area contributed by atoms with Crippen LogP contribution < -0.4 is 11.3 Å². The van der Waals surface area contributed by atoms with E-state index in [1.54, 1.807) is 12.1 Å². The normalized spacial score (nSPS) is 9.69. The molecule has 0 spiro atoms. The van der Waals surface area contributed by atoms with Gasteiger partial charge in [0.25, 0.3) is 0 Å². The van der Waals surface area contributed by atoms with Gasteiger partial charge in [-0.25, -0.2) is 5.84 Å². The quantitative estimate of drug-likeness (QED) is 0.346. The highest BCUT2D eigenvalue weighted by Gasteiger charge is 2.05. The van der Waals surface area contributed by atoms with Crippen LogP contribution in [0.15, 0.2) is 18.2 Å². The Kier molecular flexibility index (Phi) is 2.87. The minimum atomic E-state index is -0.320. The van der Waals surface area contributed by atoms with Crippen LogP contribution in [0.25, 0.3) is 0 Å². The Hall–Kier alpha value is -1.55. The number of phenolic OH excluding ortho intramolecular Hbond substituents is 1. The third kappa shape index (κ3) is 2.45. The lowest BCUT2D eigenvalue weighted by Crippen LogP contribution is -2.31. The molecule has 13 heavy (non-hydrogen) atoms. The number of nitrogens with two attached hydrogens (primary N) is 1. The lowest BCUT2D eigenvalue weighted by atomic mass is 10.1. The molecule has 0 fully saturated rings. The lowest BCUT2D eigenvalue weighted by Gasteiger charge is -2.03. The summed E-state index contributed by atoms with van der Waals surface area (Å²) in [4.78, 5) is 10.9. The Labute approximate surface area is 76.3 Å². The van der Waals surface area contributed by atoms with Crippen molar-refractivity contribution in [2.24, 2.45) is 5.84 Å². The van der Waals surface area contributed by atoms with E-state index in [0.717, 1.165) is 5.56 Å². The average Bonchev–Trinajstić information content (AvgIpc) is 2.09. The number of hydrazine groups is 1. The highest BCUT2D eigenvalue weighted by atomic mass is 16.3. The Morgan fingerprint density at radius 3 is 2.85 bits per heavy atom. The fourth-order valence-corrected chi connectivity index (χ4v) is 1.05. The summed E-state index contributed by atoms with van der Waals surface area (Å²) in [5, 5.41) is 9.41. The number of benzene rings is 1. The summed E-state index contributed by atoms with van der Waals surface area (Å²) in [6.07, 6.45) is 0.0998. The molecule has 4 N–H and O–H groups in total. The number of aryl methyl sites for hydroxylation is 1. The fraction of sp³-hybridized carbons (Fsp3) is 0.222. The summed E-state index contributed by atoms with van der Waals surface area (Å²) >= 11 is 0. The maximum Gasteiger partial charge on any atom is 0.238 e. The van der Waals surface area contributed by atoms with E-state index in [0.29, 0.717) is 5.56 Å². The summed E-state index contributed by atoms with van der Waals surface area (Å²) in [6, 6.07) is 5.15. The number of phenols is 1. The third-order valence-corrected chi connectivity index (χ3v) is 1.75. The van der Waals surface area contributed by atoms with Gasteiger partial charge in [-0.3, -0.25) is 10.2 Å². The largest absolute Gasteiger partial charge is 0.508 e. The number of rotatable bonds is 2. The van der Waals surface area contributed by atoms with E-state index in [1.807, 2.05) is 18.4 Å². The maximum absolute atomic E-state index is 10.9. The number of carbonyl (C=O) groups is 1. The van der Waals surface area contributed by atoms with Gasteiger partial charge in [0.05, 0.1) is 6.42 Å². The molecule has 0 aliphatic heterocycles. The number of aromatic hydroxyl groups is 1. The fourth-order valence-electron chi connectivity index (χ4n) is 1.05. The summed E-state index contributed by atoms with van der Waals surface area (Å²) < 4.78 is 0. The van der Waals surface area contributed by atoms with Crippen LogP contribution in [0.4, 0.5) is 0 Å². The topological polar surface area (TPSA) is 75.4 Å². The highest BCUT2D eigenvalue weighted by Crippen LogP contribution is 2.18. The number of hydrogen-bond acceptors (Lipinski definition) is 3. The second-order valence-corrected chi connectivity index (χ2v) is 2.88. The Morgan fingerprint density at radius 1 is 1.62 bits per heavy atom. The molecule has 0 bridgehead atoms. The van der Waals surface area contributed by atoms with Crippen molar-refractivity contribution in [3.63, 3.8) is 0 Å². The van der Waals surface area contributed by atoms with Crippen molar-refractivity contribution < 1.29 is 9.90 Å². The second-order valence-electron chi connectivity index (χ2n) is 2.88. The van der Waals surface area contributed by atoms with Gasteiger partial charge in [-0.05, 0) is 18.6 Å². The molecule has 0 saturated carbocycles. The van der Waals surface area contributed by atoms with Crippen molar-refractivity contribution in [3.05, 3.63) is 29.3 Å². The van der Waals surface area contributed by atoms with E-state index < -0.39 is 0 Å². The van der Waals surface area contributed by atoms with Crippen molar-refractivity contribution in [1.82, 2.24) is 5.43 Å². The molecule has 70 valence electrons. The van der Waals surface area contributed by atoms with Gasteiger partial charge in [0, 0.05) is 5.56 Å². The smallest absolute Gasteiger partial charge is 0.238 e. The molecule has 4 heteroatoms. The molecule has 1 amide bonds. The number of carbonyl (C=O) groups excluding carboxylic acids is 1. The average molecular weight is 180 g/mol. The summed E-state index contributed by atoms with van der Waals surface area (Å²) in [5.41, 5.74) is 3.54. The molecule has 1 rings (SSSR count). The lowest BCUT2D eigenvalue weighted by molar-refractivity contribution is -0.120. The second kappa shape index (κ2) is 3.91. The van der Waals surface area contributed by atoms with Crippen molar-refractivity contribution in [3.8, 4) is 5.75 Å². The number of amides is 1. The van der Waals surface area contributed by atoms with Crippen molar-refractivity contribution >= 4 is 5.91 Å². The molecular weight excluding hydrogens is 168 g/mol. The van der Waals surface area contributed by atoms with E-state index >= 15 is 0 Å². The highest BCUT2D eigenvalue weighted by molar-refractivity contribution is 5.78. The van der Waals surface area contributed by atoms with E-state index in [9.17, 15) is 9.90 Å². The zero-order valence-electron chi connectivity index (χ0n) is 7.37. The zero-order chi connectivity index (χ0) is 9.84. The molecule has 0 aromatic heterocycles. The van der Waals surface area contributed by atoms with Gasteiger partial charge >= 0.3 is 0 Å². The molecule has 0 saturated heterocycles. The molecule has 0 atom stereocenters. The molecule has 0 unspecified atom stereocenters. The Balaban J connectivity index is 2.83. The molecule has 0 aliphatic rings. The van der Waals surface area contributed by atoms with Gasteiger partial charge in [-0.2, -0.15) is 0 Å². The van der Waals surface area contributed by atoms with Gasteiger partial charge in [-0.15, -0.1) is 0 Å². The van der Waals surface area contributed by atoms with Crippen LogP contribution in [-0.2, 0) is 11.2 Å². The van der Waals surface area contributed by atoms with Gasteiger partial charge < -0.3 is 5.11 Å². The van der Waals surface area contributed by atoms with Gasteiger partial charge in [0.15, 0.2) is 0 Å². The Bertz CT molecular complexity index is 323. The van der Waals surface area contributed by atoms with Crippen molar-refractivity contribution in [2.75, 3.05) is 0 Å². The molecule has 0 heterocycles. The van der Waals surface area contributed by atoms with E-state index in [2.05, 4.69) is 0 Å². The van der Waals surface area contributed by atoms with Crippen LogP contribution in [0.5, 0.6) is 5.75 Å². The minimum absolute atomic E-state index is 0.0998. The predicted octanol–water partition coefficient (Wildman–Crippen LogP) is 0.233. The number of hydrogen-bond donors (Lipinski definition) is 3. The first-order valence-corrected chi connectivity index (χ1v) is 3.91. The van der Waals surface area contributed by atoms with Crippen LogP contribution in [0.2, 0.25) is 0 Å². The Morgan fingerprint density at radius 2 is 2.31 bits per heavy atom. The van der Waals surface area contributed by atoms with E-state index in [4.69, 9.17) is 5.84 Å². The predicted molar refractivity (Wildman–Crippen MR) is 48.9 cm³/mol. The van der Waals surface area contributed by atoms with Crippen LogP contribution in [-0.4, -0.2) is 11.0 Å². The van der Waals surface area contributed by atoms with Gasteiger partial charge in [-0.1, -0.05) is 12.1 Å². The van der Waals surface area contributed by atoms with Crippen LogP contribution >= 0.6 is 0 Å². The SMILES string of the molecule is Cc1ccc(CC(=O)NN)c(O)c1. The monoisotopic (exact) mass is 180 g/mol. The van der Waals surface area contributed by atoms with Gasteiger partial charge in [0.2, 0.25) is 5.91 Å². The van der Waals surface area contributed by atoms with Crippen LogP contribution in [0.3, 0.4) is 0 Å². The molecular formula is C9H12N2O2. The molecule has 1 aromatic carbocycles. The first kappa shape index (κ1) is 9.54. The summed E-state index contributed by atoms with van der Waals surface area (Å²) in [7, 11) is 0. The molecule has 0 radical (unpaired) electrons. The first-order chi connectivity index (χ1) is 6.13. The first-order valence-electron chi connectivity index (χ1n) is 3.91. The van der Waals surface area contributed by atoms with Gasteiger partial charge in [0.1, 0.15) is 5.75 Å². The third-order valence-electron chi connectivity index (χ3n) is 1.75. The standard InChI is InChI=1S/C9H12N2O2/c1-6-2-3-7(8(12)4-6)5-9(13)11-10/h2-4,12H,5,10H2,1H3,(H,11,13). The van der Waals surface area contributed by atoms with Crippen LogP contribution in [0, 0.1) is 6.92 Å². The molecule has 0 aliphatic carbocycles. The van der Waals surface area contributed by atoms with Crippen LogP contribution in [0.1, 0.15) is 11.1 Å². The minimum Gasteiger partial charge on any atom is -0.508 e. The summed E-state index contributed by atoms with van der Waals surface area (Å²) in [5.74, 6) is 4.73. The molecule has 4 nitrogen and oxygen atoms in total. The summed E-state index contributed by atoms with van der Waals surface area (Å²) in [6.45, 7) is 1.87. The molecule has 1 aromatic rings. The zero-order valence-corrected chi connectivity index (χ0v) is 7.37. The number of nitrogens with one attached hydrogen (secondary N) is 1.